The largest absolute Gasteiger partial charge is 0.346 e. The molecule has 1 amide bonds. The van der Waals surface area contributed by atoms with Crippen LogP contribution in [0.1, 0.15) is 11.6 Å². The van der Waals surface area contributed by atoms with Gasteiger partial charge < -0.3 is 10.2 Å². The number of hydrogen-bond donors (Lipinski definition) is 2. The zero-order valence-corrected chi connectivity index (χ0v) is 16.3. The van der Waals surface area contributed by atoms with Gasteiger partial charge in [0.15, 0.2) is 10.6 Å². The van der Waals surface area contributed by atoms with Crippen LogP contribution >= 0.6 is 23.6 Å². The summed E-state index contributed by atoms with van der Waals surface area (Å²) in [5.74, 6) is 0.583. The summed E-state index contributed by atoms with van der Waals surface area (Å²) in [6.45, 7) is 0.837. The minimum atomic E-state index is -0.101. The Balaban J connectivity index is 1.77. The molecule has 0 aliphatic carbocycles. The van der Waals surface area contributed by atoms with Crippen molar-refractivity contribution < 1.29 is 4.79 Å². The average molecular weight is 388 g/mol. The maximum Gasteiger partial charge on any atom is 0.240 e. The fraction of sp³-hybridized carbons (Fsp3) is 0.278. The molecule has 2 N–H and O–H groups in total. The predicted molar refractivity (Wildman–Crippen MR) is 107 cm³/mol. The molecule has 136 valence electrons. The number of likely N-dealkylation sites (N-methyl/N-ethyl adjacent to an activating group) is 1. The van der Waals surface area contributed by atoms with Crippen LogP contribution in [0, 0.1) is 4.77 Å². The smallest absolute Gasteiger partial charge is 0.240 e. The lowest BCUT2D eigenvalue weighted by Crippen LogP contribution is -2.37. The molecule has 0 aliphatic rings. The van der Waals surface area contributed by atoms with Crippen LogP contribution in [0.2, 0.25) is 0 Å². The van der Waals surface area contributed by atoms with Gasteiger partial charge in [-0.2, -0.15) is 5.10 Å². The van der Waals surface area contributed by atoms with Crippen molar-refractivity contribution in [2.24, 2.45) is 0 Å². The molecule has 6 nitrogen and oxygen atoms in total. The first-order chi connectivity index (χ1) is 12.5. The Bertz CT molecular complexity index is 899. The van der Waals surface area contributed by atoms with E-state index in [1.165, 1.54) is 0 Å². The summed E-state index contributed by atoms with van der Waals surface area (Å²) in [5.41, 5.74) is 1.07. The molecule has 3 rings (SSSR count). The molecule has 0 spiro atoms. The van der Waals surface area contributed by atoms with Gasteiger partial charge in [0.2, 0.25) is 5.91 Å². The highest BCUT2D eigenvalue weighted by atomic mass is 32.1. The first kappa shape index (κ1) is 18.5. The summed E-state index contributed by atoms with van der Waals surface area (Å²) >= 11 is 6.87. The van der Waals surface area contributed by atoms with Gasteiger partial charge in [-0.1, -0.05) is 36.4 Å². The van der Waals surface area contributed by atoms with Gasteiger partial charge in [0, 0.05) is 6.54 Å². The van der Waals surface area contributed by atoms with E-state index in [9.17, 15) is 4.79 Å². The maximum atomic E-state index is 12.7. The second kappa shape index (κ2) is 8.39. The summed E-state index contributed by atoms with van der Waals surface area (Å²) in [5, 5.41) is 12.1. The Morgan fingerprint density at radius 2 is 2.08 bits per heavy atom. The lowest BCUT2D eigenvalue weighted by molar-refractivity contribution is -0.122. The number of aromatic amines is 1. The van der Waals surface area contributed by atoms with E-state index in [1.54, 1.807) is 15.9 Å². The number of rotatable bonds is 7. The van der Waals surface area contributed by atoms with E-state index in [2.05, 4.69) is 20.4 Å². The molecule has 3 aromatic rings. The monoisotopic (exact) mass is 387 g/mol. The average Bonchev–Trinajstić information content (AvgIpc) is 3.25. The molecule has 0 saturated carbocycles. The Kier molecular flexibility index (Phi) is 5.97. The van der Waals surface area contributed by atoms with Crippen LogP contribution in [-0.4, -0.2) is 46.2 Å². The van der Waals surface area contributed by atoms with Crippen LogP contribution in [0.25, 0.3) is 10.7 Å². The van der Waals surface area contributed by atoms with Crippen LogP contribution < -0.4 is 5.32 Å². The Morgan fingerprint density at radius 1 is 1.31 bits per heavy atom. The number of carbonyl (C=O) groups excluding carboxylic acids is 1. The minimum Gasteiger partial charge on any atom is -0.346 e. The van der Waals surface area contributed by atoms with Crippen molar-refractivity contribution >= 4 is 29.5 Å². The van der Waals surface area contributed by atoms with Gasteiger partial charge in [-0.3, -0.25) is 14.5 Å². The van der Waals surface area contributed by atoms with E-state index in [4.69, 9.17) is 12.2 Å². The minimum absolute atomic E-state index is 0.0926. The van der Waals surface area contributed by atoms with Crippen molar-refractivity contribution in [2.75, 3.05) is 20.6 Å². The molecule has 0 radical (unpaired) electrons. The van der Waals surface area contributed by atoms with Crippen molar-refractivity contribution in [1.82, 2.24) is 25.0 Å². The van der Waals surface area contributed by atoms with E-state index in [0.29, 0.717) is 17.1 Å². The third kappa shape index (κ3) is 4.46. The normalized spacial score (nSPS) is 12.3. The Morgan fingerprint density at radius 3 is 2.73 bits per heavy atom. The van der Waals surface area contributed by atoms with E-state index in [-0.39, 0.29) is 18.5 Å². The second-order valence-corrected chi connectivity index (χ2v) is 7.54. The molecule has 1 atom stereocenters. The first-order valence-corrected chi connectivity index (χ1v) is 9.51. The zero-order valence-electron chi connectivity index (χ0n) is 14.7. The molecule has 1 unspecified atom stereocenters. The van der Waals surface area contributed by atoms with Gasteiger partial charge in [0.1, 0.15) is 6.54 Å². The third-order valence-electron chi connectivity index (χ3n) is 3.89. The predicted octanol–water partition coefficient (Wildman–Crippen LogP) is 3.09. The molecule has 1 aromatic carbocycles. The quantitative estimate of drug-likeness (QED) is 0.612. The van der Waals surface area contributed by atoms with Crippen molar-refractivity contribution in [3.8, 4) is 10.7 Å². The summed E-state index contributed by atoms with van der Waals surface area (Å²) < 4.78 is 2.17. The number of nitrogens with one attached hydrogen (secondary N) is 2. The number of H-pyrrole nitrogens is 1. The zero-order chi connectivity index (χ0) is 18.5. The highest BCUT2D eigenvalue weighted by molar-refractivity contribution is 7.71. The fourth-order valence-electron chi connectivity index (χ4n) is 2.73. The van der Waals surface area contributed by atoms with Gasteiger partial charge in [-0.05, 0) is 43.3 Å². The number of hydrogen-bond acceptors (Lipinski definition) is 5. The van der Waals surface area contributed by atoms with Crippen LogP contribution in [0.5, 0.6) is 0 Å². The van der Waals surface area contributed by atoms with Crippen LogP contribution in [0.15, 0.2) is 47.8 Å². The van der Waals surface area contributed by atoms with Crippen molar-refractivity contribution in [3.63, 3.8) is 0 Å². The molecular formula is C18H21N5OS2. The van der Waals surface area contributed by atoms with E-state index in [1.807, 2.05) is 61.9 Å². The number of thiophene rings is 1. The van der Waals surface area contributed by atoms with E-state index in [0.717, 1.165) is 10.4 Å². The number of nitrogens with zero attached hydrogens (tertiary/aromatic N) is 3. The van der Waals surface area contributed by atoms with Gasteiger partial charge >= 0.3 is 0 Å². The summed E-state index contributed by atoms with van der Waals surface area (Å²) in [6.07, 6.45) is 0. The lowest BCUT2D eigenvalue weighted by Gasteiger charge is -2.23. The highest BCUT2D eigenvalue weighted by Crippen LogP contribution is 2.22. The molecule has 0 fully saturated rings. The molecule has 2 aromatic heterocycles. The Labute approximate surface area is 161 Å². The molecule has 8 heteroatoms. The molecular weight excluding hydrogens is 366 g/mol. The van der Waals surface area contributed by atoms with E-state index >= 15 is 0 Å². The first-order valence-electron chi connectivity index (χ1n) is 8.22. The third-order valence-corrected chi connectivity index (χ3v) is 5.06. The van der Waals surface area contributed by atoms with Crippen molar-refractivity contribution in [3.05, 3.63) is 58.2 Å². The molecule has 2 heterocycles. The summed E-state index contributed by atoms with van der Waals surface area (Å²) in [6, 6.07) is 13.8. The van der Waals surface area contributed by atoms with Crippen molar-refractivity contribution in [1.29, 1.82) is 0 Å². The van der Waals surface area contributed by atoms with Crippen LogP contribution in [0.4, 0.5) is 0 Å². The van der Waals surface area contributed by atoms with E-state index < -0.39 is 0 Å². The number of amides is 1. The highest BCUT2D eigenvalue weighted by Gasteiger charge is 2.18. The SMILES string of the molecule is CN(C)CC(NC(=O)Cn1c(-c2cccs2)n[nH]c1=S)c1ccccc1. The summed E-state index contributed by atoms with van der Waals surface area (Å²) in [4.78, 5) is 15.7. The molecule has 0 bridgehead atoms. The van der Waals surface area contributed by atoms with Crippen molar-refractivity contribution in [2.45, 2.75) is 12.6 Å². The van der Waals surface area contributed by atoms with Crippen LogP contribution in [0.3, 0.4) is 0 Å². The lowest BCUT2D eigenvalue weighted by atomic mass is 10.1. The van der Waals surface area contributed by atoms with Gasteiger partial charge in [0.25, 0.3) is 0 Å². The number of aromatic nitrogens is 3. The molecule has 0 saturated heterocycles. The maximum absolute atomic E-state index is 12.7. The molecule has 0 aliphatic heterocycles. The topological polar surface area (TPSA) is 66.0 Å². The van der Waals surface area contributed by atoms with Gasteiger partial charge in [-0.15, -0.1) is 11.3 Å². The summed E-state index contributed by atoms with van der Waals surface area (Å²) in [7, 11) is 3.98. The fourth-order valence-corrected chi connectivity index (χ4v) is 3.65. The second-order valence-electron chi connectivity index (χ2n) is 6.21. The van der Waals surface area contributed by atoms with Crippen LogP contribution in [-0.2, 0) is 11.3 Å². The number of benzene rings is 1. The number of carbonyl (C=O) groups is 1. The van der Waals surface area contributed by atoms with Gasteiger partial charge in [0.05, 0.1) is 10.9 Å². The standard InChI is InChI=1S/C18H21N5OS2/c1-22(2)11-14(13-7-4-3-5-8-13)19-16(24)12-23-17(20-21-18(23)25)15-9-6-10-26-15/h3-10,14H,11-12H2,1-2H3,(H,19,24)(H,21,25). The molecule has 26 heavy (non-hydrogen) atoms. The Hall–Kier alpha value is -2.29. The van der Waals surface area contributed by atoms with Gasteiger partial charge in [-0.25, -0.2) is 0 Å².